The van der Waals surface area contributed by atoms with E-state index in [0.717, 1.165) is 18.4 Å². The Bertz CT molecular complexity index is 930. The molecule has 0 bridgehead atoms. The maximum absolute atomic E-state index is 12.1. The van der Waals surface area contributed by atoms with Crippen molar-refractivity contribution in [3.8, 4) is 5.75 Å². The average Bonchev–Trinajstić information content (AvgIpc) is 2.73. The van der Waals surface area contributed by atoms with Gasteiger partial charge >= 0.3 is 0 Å². The number of anilines is 1. The molecule has 2 atom stereocenters. The molecule has 27 heavy (non-hydrogen) atoms. The number of hydrogen-bond donors (Lipinski definition) is 2. The lowest BCUT2D eigenvalue weighted by molar-refractivity contribution is 0.154. The van der Waals surface area contributed by atoms with E-state index in [1.165, 1.54) is 0 Å². The molecule has 0 aliphatic heterocycles. The molecule has 0 amide bonds. The highest BCUT2D eigenvalue weighted by atomic mass is 16.5. The Balaban J connectivity index is 1.90. The fourth-order valence-electron chi connectivity index (χ4n) is 2.96. The number of hydrogen-bond acceptors (Lipinski definition) is 5. The van der Waals surface area contributed by atoms with Crippen LogP contribution in [-0.2, 0) is 0 Å². The summed E-state index contributed by atoms with van der Waals surface area (Å²) in [4.78, 5) is 24.0. The minimum Gasteiger partial charge on any atom is -0.487 e. The molecular weight excluding hydrogens is 342 g/mol. The summed E-state index contributed by atoms with van der Waals surface area (Å²) < 4.78 is 5.50. The third kappa shape index (κ3) is 4.09. The Kier molecular flexibility index (Phi) is 6.04. The summed E-state index contributed by atoms with van der Waals surface area (Å²) in [5, 5.41) is 14.0. The van der Waals surface area contributed by atoms with Gasteiger partial charge in [-0.25, -0.2) is 0 Å². The second-order valence-corrected chi connectivity index (χ2v) is 6.45. The summed E-state index contributed by atoms with van der Waals surface area (Å²) in [6, 6.07) is 18.0. The Morgan fingerprint density at radius 3 is 2.11 bits per heavy atom. The molecule has 0 saturated carbocycles. The molecule has 0 spiro atoms. The highest BCUT2D eigenvalue weighted by molar-refractivity contribution is 5.63. The van der Waals surface area contributed by atoms with Crippen molar-refractivity contribution in [2.75, 3.05) is 11.9 Å². The molecule has 2 N–H and O–H groups in total. The fraction of sp³-hybridized carbons (Fsp3) is 0.273. The maximum atomic E-state index is 12.1. The van der Waals surface area contributed by atoms with Crippen LogP contribution in [0.1, 0.15) is 43.0 Å². The molecule has 5 nitrogen and oxygen atoms in total. The number of unbranched alkanes of at least 4 members (excludes halogenated alkanes) is 1. The number of ether oxygens (including phenoxy) is 1. The normalized spacial score (nSPS) is 13.3. The van der Waals surface area contributed by atoms with Gasteiger partial charge in [0.05, 0.1) is 12.6 Å². The van der Waals surface area contributed by atoms with Crippen LogP contribution in [0.25, 0.3) is 0 Å². The molecule has 0 aliphatic carbocycles. The second kappa shape index (κ2) is 8.64. The molecule has 3 aromatic rings. The number of rotatable bonds is 9. The molecule has 2 unspecified atom stereocenters. The Hall–Kier alpha value is -2.92. The smallest absolute Gasteiger partial charge is 0.272 e. The lowest BCUT2D eigenvalue weighted by Gasteiger charge is -2.27. The van der Waals surface area contributed by atoms with Gasteiger partial charge in [0.15, 0.2) is 5.75 Å². The summed E-state index contributed by atoms with van der Waals surface area (Å²) in [5.74, 6) is 0.0645. The van der Waals surface area contributed by atoms with Gasteiger partial charge in [-0.05, 0) is 17.5 Å². The van der Waals surface area contributed by atoms with E-state index < -0.39 is 23.0 Å². The first kappa shape index (κ1) is 18.9. The van der Waals surface area contributed by atoms with E-state index in [9.17, 15) is 14.7 Å². The molecule has 0 heterocycles. The van der Waals surface area contributed by atoms with Crippen LogP contribution in [0.4, 0.5) is 5.69 Å². The van der Waals surface area contributed by atoms with Crippen molar-refractivity contribution in [3.63, 3.8) is 0 Å². The van der Waals surface area contributed by atoms with Crippen molar-refractivity contribution in [2.45, 2.75) is 31.9 Å². The minimum atomic E-state index is -0.901. The second-order valence-electron chi connectivity index (χ2n) is 6.45. The molecule has 0 radical (unpaired) electrons. The van der Waals surface area contributed by atoms with Gasteiger partial charge in [0, 0.05) is 0 Å². The molecule has 140 valence electrons. The molecule has 5 heteroatoms. The zero-order valence-corrected chi connectivity index (χ0v) is 15.2. The van der Waals surface area contributed by atoms with Gasteiger partial charge in [0.1, 0.15) is 11.8 Å². The number of nitrogens with one attached hydrogen (secondary N) is 1. The van der Waals surface area contributed by atoms with Gasteiger partial charge in [0.25, 0.3) is 10.9 Å². The minimum absolute atomic E-state index is 0.0645. The largest absolute Gasteiger partial charge is 0.487 e. The molecule has 0 saturated heterocycles. The first-order chi connectivity index (χ1) is 13.1. The van der Waals surface area contributed by atoms with Gasteiger partial charge in [-0.3, -0.25) is 9.59 Å². The molecule has 3 aromatic carbocycles. The van der Waals surface area contributed by atoms with Crippen LogP contribution >= 0.6 is 0 Å². The number of aliphatic hydroxyl groups is 1. The van der Waals surface area contributed by atoms with Crippen molar-refractivity contribution in [1.29, 1.82) is 0 Å². The van der Waals surface area contributed by atoms with Gasteiger partial charge < -0.3 is 15.2 Å². The van der Waals surface area contributed by atoms with Crippen LogP contribution in [0.2, 0.25) is 0 Å². The van der Waals surface area contributed by atoms with Gasteiger partial charge in [-0.15, -0.1) is 0 Å². The van der Waals surface area contributed by atoms with Crippen LogP contribution in [0.3, 0.4) is 0 Å². The standard InChI is InChI=1S/C22H23NO4/c1-2-3-14-27-22-18(20(25)21(22)26)23-17(15-10-6-4-7-11-15)19(24)16-12-8-5-9-13-16/h4-13,17,19,23-24H,2-3,14H2,1H3. The van der Waals surface area contributed by atoms with Crippen LogP contribution in [-0.4, -0.2) is 11.7 Å². The lowest BCUT2D eigenvalue weighted by atomic mass is 9.95. The summed E-state index contributed by atoms with van der Waals surface area (Å²) in [7, 11) is 0. The zero-order valence-electron chi connectivity index (χ0n) is 15.2. The summed E-state index contributed by atoms with van der Waals surface area (Å²) in [6.07, 6.45) is 0.825. The Morgan fingerprint density at radius 2 is 1.52 bits per heavy atom. The predicted molar refractivity (Wildman–Crippen MR) is 106 cm³/mol. The molecule has 0 aliphatic rings. The van der Waals surface area contributed by atoms with Crippen molar-refractivity contribution in [2.24, 2.45) is 0 Å². The van der Waals surface area contributed by atoms with Crippen LogP contribution < -0.4 is 20.9 Å². The van der Waals surface area contributed by atoms with Crippen LogP contribution in [0.15, 0.2) is 70.3 Å². The third-order valence-corrected chi connectivity index (χ3v) is 4.53. The third-order valence-electron chi connectivity index (χ3n) is 4.53. The van der Waals surface area contributed by atoms with Gasteiger partial charge in [-0.1, -0.05) is 74.0 Å². The van der Waals surface area contributed by atoms with Crippen molar-refractivity contribution >= 4 is 5.69 Å². The Labute approximate surface area is 157 Å². The highest BCUT2D eigenvalue weighted by Gasteiger charge is 2.29. The van der Waals surface area contributed by atoms with E-state index in [2.05, 4.69) is 5.32 Å². The predicted octanol–water partition coefficient (Wildman–Crippen LogP) is 3.35. The van der Waals surface area contributed by atoms with Crippen LogP contribution in [0, 0.1) is 0 Å². The van der Waals surface area contributed by atoms with E-state index in [1.807, 2.05) is 67.6 Å². The number of benzene rings is 2. The SMILES string of the molecule is CCCCOc1c(NC(c2ccccc2)C(O)c2ccccc2)c(=O)c1=O. The first-order valence-electron chi connectivity index (χ1n) is 9.14. The van der Waals surface area contributed by atoms with Crippen molar-refractivity contribution in [1.82, 2.24) is 0 Å². The van der Waals surface area contributed by atoms with Crippen LogP contribution in [0.5, 0.6) is 5.75 Å². The van der Waals surface area contributed by atoms with E-state index in [0.29, 0.717) is 12.2 Å². The van der Waals surface area contributed by atoms with Crippen molar-refractivity contribution in [3.05, 3.63) is 92.2 Å². The lowest BCUT2D eigenvalue weighted by Crippen LogP contribution is -2.37. The first-order valence-corrected chi connectivity index (χ1v) is 9.14. The molecular formula is C22H23NO4. The topological polar surface area (TPSA) is 75.6 Å². The quantitative estimate of drug-likeness (QED) is 0.449. The summed E-state index contributed by atoms with van der Waals surface area (Å²) in [5.41, 5.74) is 0.435. The van der Waals surface area contributed by atoms with Crippen molar-refractivity contribution < 1.29 is 9.84 Å². The monoisotopic (exact) mass is 365 g/mol. The van der Waals surface area contributed by atoms with E-state index >= 15 is 0 Å². The Morgan fingerprint density at radius 1 is 0.926 bits per heavy atom. The highest BCUT2D eigenvalue weighted by Crippen LogP contribution is 2.33. The average molecular weight is 365 g/mol. The van der Waals surface area contributed by atoms with Gasteiger partial charge in [0.2, 0.25) is 0 Å². The molecule has 0 fully saturated rings. The van der Waals surface area contributed by atoms with E-state index in [4.69, 9.17) is 4.74 Å². The summed E-state index contributed by atoms with van der Waals surface area (Å²) in [6.45, 7) is 2.40. The molecule has 0 aromatic heterocycles. The van der Waals surface area contributed by atoms with Gasteiger partial charge in [-0.2, -0.15) is 0 Å². The summed E-state index contributed by atoms with van der Waals surface area (Å²) >= 11 is 0. The van der Waals surface area contributed by atoms with E-state index in [-0.39, 0.29) is 11.4 Å². The zero-order chi connectivity index (χ0) is 19.2. The fourth-order valence-corrected chi connectivity index (χ4v) is 2.96. The molecule has 3 rings (SSSR count). The maximum Gasteiger partial charge on any atom is 0.272 e. The van der Waals surface area contributed by atoms with E-state index in [1.54, 1.807) is 0 Å². The number of aliphatic hydroxyl groups excluding tert-OH is 1.